The van der Waals surface area contributed by atoms with Crippen LogP contribution in [-0.4, -0.2) is 47.1 Å². The van der Waals surface area contributed by atoms with Gasteiger partial charge in [-0.25, -0.2) is 0 Å². The summed E-state index contributed by atoms with van der Waals surface area (Å²) in [5.41, 5.74) is 0.746. The summed E-state index contributed by atoms with van der Waals surface area (Å²) in [6.45, 7) is 5.16. The van der Waals surface area contributed by atoms with Crippen LogP contribution in [0.3, 0.4) is 0 Å². The van der Waals surface area contributed by atoms with Gasteiger partial charge in [0.05, 0.1) is 11.3 Å². The van der Waals surface area contributed by atoms with Gasteiger partial charge in [0.2, 0.25) is 5.89 Å². The van der Waals surface area contributed by atoms with Crippen LogP contribution in [0, 0.1) is 6.92 Å². The summed E-state index contributed by atoms with van der Waals surface area (Å²) in [5.74, 6) is 1.86. The molecule has 7 heteroatoms. The zero-order valence-electron chi connectivity index (χ0n) is 13.1. The van der Waals surface area contributed by atoms with Gasteiger partial charge in [0.1, 0.15) is 0 Å². The summed E-state index contributed by atoms with van der Waals surface area (Å²) in [7, 11) is 0. The summed E-state index contributed by atoms with van der Waals surface area (Å²) in [5, 5.41) is 7.11. The molecule has 1 fully saturated rings. The van der Waals surface area contributed by atoms with E-state index in [1.165, 1.54) is 0 Å². The van der Waals surface area contributed by atoms with Crippen LogP contribution in [0.25, 0.3) is 0 Å². The highest BCUT2D eigenvalue weighted by Crippen LogP contribution is 2.27. The van der Waals surface area contributed by atoms with Crippen LogP contribution < -0.4 is 5.32 Å². The summed E-state index contributed by atoms with van der Waals surface area (Å²) in [4.78, 5) is 19.9. The average molecular weight is 332 g/mol. The zero-order chi connectivity index (χ0) is 16.1. The predicted molar refractivity (Wildman–Crippen MR) is 88.4 cm³/mol. The molecule has 2 aromatic rings. The number of carbonyl (C=O) groups excluding carboxylic acids is 1. The molecule has 1 aromatic heterocycles. The first-order valence-electron chi connectivity index (χ1n) is 7.75. The third-order valence-corrected chi connectivity index (χ3v) is 4.72. The number of aryl methyl sites for hydroxylation is 1. The van der Waals surface area contributed by atoms with E-state index in [1.54, 1.807) is 18.7 Å². The maximum absolute atomic E-state index is 12.8. The first-order valence-corrected chi connectivity index (χ1v) is 8.73. The molecule has 0 saturated carbocycles. The number of benzene rings is 1. The standard InChI is InChI=1S/C16H20N4O2S/c1-12-18-15(22-19-12)11-23-14-6-3-2-5-13(14)16(21)20-9-4-7-17-8-10-20/h2-3,5-6,17H,4,7-11H2,1H3. The molecule has 0 bridgehead atoms. The Morgan fingerprint density at radius 1 is 1.35 bits per heavy atom. The van der Waals surface area contributed by atoms with Crippen molar-refractivity contribution in [2.24, 2.45) is 0 Å². The monoisotopic (exact) mass is 332 g/mol. The van der Waals surface area contributed by atoms with Gasteiger partial charge in [-0.3, -0.25) is 4.79 Å². The molecule has 1 aliphatic rings. The molecule has 0 unspecified atom stereocenters. The van der Waals surface area contributed by atoms with Gasteiger partial charge in [0, 0.05) is 24.5 Å². The minimum atomic E-state index is 0.0958. The van der Waals surface area contributed by atoms with Crippen molar-refractivity contribution in [1.82, 2.24) is 20.4 Å². The van der Waals surface area contributed by atoms with Gasteiger partial charge in [-0.2, -0.15) is 4.98 Å². The van der Waals surface area contributed by atoms with E-state index < -0.39 is 0 Å². The Hall–Kier alpha value is -1.86. The quantitative estimate of drug-likeness (QED) is 0.865. The molecule has 23 heavy (non-hydrogen) atoms. The van der Waals surface area contributed by atoms with Crippen LogP contribution in [0.2, 0.25) is 0 Å². The predicted octanol–water partition coefficient (Wildman–Crippen LogP) is 2.11. The third-order valence-electron chi connectivity index (χ3n) is 3.67. The molecule has 2 heterocycles. The summed E-state index contributed by atoms with van der Waals surface area (Å²) >= 11 is 1.55. The Bertz CT molecular complexity index is 666. The van der Waals surface area contributed by atoms with Crippen LogP contribution in [0.1, 0.15) is 28.5 Å². The molecule has 1 amide bonds. The maximum Gasteiger partial charge on any atom is 0.255 e. The van der Waals surface area contributed by atoms with Crippen molar-refractivity contribution >= 4 is 17.7 Å². The minimum absolute atomic E-state index is 0.0958. The van der Waals surface area contributed by atoms with Crippen LogP contribution in [0.4, 0.5) is 0 Å². The topological polar surface area (TPSA) is 71.3 Å². The maximum atomic E-state index is 12.8. The fourth-order valence-corrected chi connectivity index (χ4v) is 3.41. The fourth-order valence-electron chi connectivity index (χ4n) is 2.53. The first kappa shape index (κ1) is 16.0. The average Bonchev–Trinajstić information content (AvgIpc) is 2.82. The lowest BCUT2D eigenvalue weighted by Crippen LogP contribution is -2.34. The van der Waals surface area contributed by atoms with Crippen molar-refractivity contribution in [2.45, 2.75) is 24.0 Å². The number of hydrogen-bond donors (Lipinski definition) is 1. The van der Waals surface area contributed by atoms with E-state index >= 15 is 0 Å². The zero-order valence-corrected chi connectivity index (χ0v) is 13.9. The van der Waals surface area contributed by atoms with E-state index in [1.807, 2.05) is 29.2 Å². The molecule has 122 valence electrons. The summed E-state index contributed by atoms with van der Waals surface area (Å²) < 4.78 is 5.13. The number of amides is 1. The van der Waals surface area contributed by atoms with Crippen molar-refractivity contribution in [3.05, 3.63) is 41.5 Å². The molecule has 1 aliphatic heterocycles. The van der Waals surface area contributed by atoms with Gasteiger partial charge in [-0.05, 0) is 32.0 Å². The SMILES string of the molecule is Cc1noc(CSc2ccccc2C(=O)N2CCCNCC2)n1. The van der Waals surface area contributed by atoms with E-state index in [0.29, 0.717) is 17.5 Å². The molecule has 3 rings (SSSR count). The van der Waals surface area contributed by atoms with Crippen LogP contribution in [-0.2, 0) is 5.75 Å². The Morgan fingerprint density at radius 2 is 2.22 bits per heavy atom. The van der Waals surface area contributed by atoms with Gasteiger partial charge >= 0.3 is 0 Å². The van der Waals surface area contributed by atoms with E-state index in [0.717, 1.165) is 43.1 Å². The molecule has 1 saturated heterocycles. The van der Waals surface area contributed by atoms with Gasteiger partial charge in [0.15, 0.2) is 5.82 Å². The second-order valence-corrected chi connectivity index (χ2v) is 6.43. The molecule has 0 radical (unpaired) electrons. The summed E-state index contributed by atoms with van der Waals surface area (Å²) in [6.07, 6.45) is 0.988. The summed E-state index contributed by atoms with van der Waals surface area (Å²) in [6, 6.07) is 7.71. The Balaban J connectivity index is 1.72. The second-order valence-electron chi connectivity index (χ2n) is 5.42. The van der Waals surface area contributed by atoms with E-state index in [9.17, 15) is 4.79 Å². The highest BCUT2D eigenvalue weighted by Gasteiger charge is 2.20. The van der Waals surface area contributed by atoms with E-state index in [-0.39, 0.29) is 5.91 Å². The molecular formula is C16H20N4O2S. The Kier molecular flexibility index (Phi) is 5.30. The molecule has 0 atom stereocenters. The molecular weight excluding hydrogens is 312 g/mol. The Labute approximate surface area is 139 Å². The van der Waals surface area contributed by atoms with E-state index in [4.69, 9.17) is 4.52 Å². The number of thioether (sulfide) groups is 1. The number of hydrogen-bond acceptors (Lipinski definition) is 6. The molecule has 0 spiro atoms. The smallest absolute Gasteiger partial charge is 0.255 e. The third kappa shape index (κ3) is 4.11. The molecule has 1 aromatic carbocycles. The van der Waals surface area contributed by atoms with Gasteiger partial charge in [-0.15, -0.1) is 11.8 Å². The number of rotatable bonds is 4. The van der Waals surface area contributed by atoms with Crippen molar-refractivity contribution in [3.8, 4) is 0 Å². The minimum Gasteiger partial charge on any atom is -0.338 e. The largest absolute Gasteiger partial charge is 0.338 e. The fraction of sp³-hybridized carbons (Fsp3) is 0.438. The Morgan fingerprint density at radius 3 is 3.04 bits per heavy atom. The van der Waals surface area contributed by atoms with Crippen LogP contribution >= 0.6 is 11.8 Å². The second kappa shape index (κ2) is 7.61. The molecule has 1 N–H and O–H groups in total. The number of nitrogens with one attached hydrogen (secondary N) is 1. The van der Waals surface area contributed by atoms with Crippen molar-refractivity contribution in [1.29, 1.82) is 0 Å². The number of carbonyl (C=O) groups is 1. The molecule has 6 nitrogen and oxygen atoms in total. The first-order chi connectivity index (χ1) is 11.2. The van der Waals surface area contributed by atoms with Crippen molar-refractivity contribution in [2.75, 3.05) is 26.2 Å². The number of nitrogens with zero attached hydrogens (tertiary/aromatic N) is 3. The highest BCUT2D eigenvalue weighted by molar-refractivity contribution is 7.98. The lowest BCUT2D eigenvalue weighted by molar-refractivity contribution is 0.0763. The van der Waals surface area contributed by atoms with Gasteiger partial charge in [0.25, 0.3) is 5.91 Å². The van der Waals surface area contributed by atoms with Gasteiger partial charge in [-0.1, -0.05) is 17.3 Å². The van der Waals surface area contributed by atoms with Crippen molar-refractivity contribution < 1.29 is 9.32 Å². The van der Waals surface area contributed by atoms with Gasteiger partial charge < -0.3 is 14.7 Å². The molecule has 0 aliphatic carbocycles. The van der Waals surface area contributed by atoms with E-state index in [2.05, 4.69) is 15.5 Å². The van der Waals surface area contributed by atoms with Crippen molar-refractivity contribution in [3.63, 3.8) is 0 Å². The normalized spacial score (nSPS) is 15.4. The van der Waals surface area contributed by atoms with Crippen LogP contribution in [0.15, 0.2) is 33.7 Å². The number of aromatic nitrogens is 2. The highest BCUT2D eigenvalue weighted by atomic mass is 32.2. The van der Waals surface area contributed by atoms with Crippen LogP contribution in [0.5, 0.6) is 0 Å². The lowest BCUT2D eigenvalue weighted by atomic mass is 10.2. The lowest BCUT2D eigenvalue weighted by Gasteiger charge is -2.21.